The van der Waals surface area contributed by atoms with Gasteiger partial charge in [-0.2, -0.15) is 0 Å². The Labute approximate surface area is 101 Å². The van der Waals surface area contributed by atoms with Crippen molar-refractivity contribution in [2.24, 2.45) is 5.92 Å². The number of carboxylic acids is 1. The van der Waals surface area contributed by atoms with Gasteiger partial charge in [0.1, 0.15) is 5.82 Å². The highest BCUT2D eigenvalue weighted by atomic mass is 16.4. The van der Waals surface area contributed by atoms with Crippen LogP contribution in [0.4, 0.5) is 0 Å². The van der Waals surface area contributed by atoms with Gasteiger partial charge in [-0.25, -0.2) is 14.8 Å². The highest BCUT2D eigenvalue weighted by Crippen LogP contribution is 2.38. The lowest BCUT2D eigenvalue weighted by molar-refractivity contribution is 0.0695. The molecular formula is C13H18N2O2. The van der Waals surface area contributed by atoms with Crippen LogP contribution >= 0.6 is 0 Å². The van der Waals surface area contributed by atoms with Gasteiger partial charge < -0.3 is 5.11 Å². The van der Waals surface area contributed by atoms with Gasteiger partial charge in [-0.05, 0) is 32.1 Å². The molecule has 0 aromatic carbocycles. The summed E-state index contributed by atoms with van der Waals surface area (Å²) >= 11 is 0. The molecule has 0 amide bonds. The van der Waals surface area contributed by atoms with Crippen LogP contribution in [0.1, 0.15) is 60.4 Å². The molecule has 0 spiro atoms. The lowest BCUT2D eigenvalue weighted by Gasteiger charge is -2.10. The van der Waals surface area contributed by atoms with E-state index < -0.39 is 5.97 Å². The fourth-order valence-corrected chi connectivity index (χ4v) is 2.57. The number of nitrogens with zero attached hydrogens (tertiary/aromatic N) is 2. The van der Waals surface area contributed by atoms with Crippen molar-refractivity contribution in [1.82, 2.24) is 9.97 Å². The quantitative estimate of drug-likeness (QED) is 0.873. The number of aromatic nitrogens is 2. The van der Waals surface area contributed by atoms with Gasteiger partial charge in [0.2, 0.25) is 0 Å². The van der Waals surface area contributed by atoms with Crippen LogP contribution in [0.25, 0.3) is 0 Å². The number of rotatable bonds is 3. The third kappa shape index (κ3) is 2.46. The molecule has 92 valence electrons. The summed E-state index contributed by atoms with van der Waals surface area (Å²) in [5.74, 6) is 1.07. The third-order valence-electron chi connectivity index (χ3n) is 3.71. The van der Waals surface area contributed by atoms with Crippen molar-refractivity contribution in [2.45, 2.75) is 45.4 Å². The van der Waals surface area contributed by atoms with E-state index in [2.05, 4.69) is 16.9 Å². The maximum atomic E-state index is 10.9. The van der Waals surface area contributed by atoms with Crippen molar-refractivity contribution < 1.29 is 9.90 Å². The Kier molecular flexibility index (Phi) is 3.41. The van der Waals surface area contributed by atoms with Crippen molar-refractivity contribution in [3.63, 3.8) is 0 Å². The Hall–Kier alpha value is -1.45. The number of hydrogen-bond acceptors (Lipinski definition) is 3. The minimum atomic E-state index is -0.952. The first-order valence-electron chi connectivity index (χ1n) is 6.18. The number of aromatic carboxylic acids is 1. The standard InChI is InChI=1S/C13H18N2O2/c1-3-9-4-5-10(6-9)12-14-7-11(13(16)17)8(2)15-12/h7,9-10H,3-6H2,1-2H3,(H,16,17). The molecule has 4 nitrogen and oxygen atoms in total. The summed E-state index contributed by atoms with van der Waals surface area (Å²) in [4.78, 5) is 19.4. The molecule has 2 rings (SSSR count). The molecule has 17 heavy (non-hydrogen) atoms. The molecule has 2 atom stereocenters. The zero-order valence-corrected chi connectivity index (χ0v) is 10.3. The van der Waals surface area contributed by atoms with Crippen molar-refractivity contribution in [3.8, 4) is 0 Å². The Morgan fingerprint density at radius 2 is 2.29 bits per heavy atom. The van der Waals surface area contributed by atoms with E-state index in [4.69, 9.17) is 5.11 Å². The summed E-state index contributed by atoms with van der Waals surface area (Å²) in [5, 5.41) is 8.92. The van der Waals surface area contributed by atoms with Gasteiger partial charge in [0.25, 0.3) is 0 Å². The van der Waals surface area contributed by atoms with Crippen LogP contribution in [0.15, 0.2) is 6.20 Å². The van der Waals surface area contributed by atoms with Crippen LogP contribution in [-0.2, 0) is 0 Å². The van der Waals surface area contributed by atoms with Gasteiger partial charge in [0, 0.05) is 12.1 Å². The molecule has 1 aliphatic carbocycles. The van der Waals surface area contributed by atoms with E-state index in [1.165, 1.54) is 19.0 Å². The maximum Gasteiger partial charge on any atom is 0.339 e. The fraction of sp³-hybridized carbons (Fsp3) is 0.615. The predicted octanol–water partition coefficient (Wildman–Crippen LogP) is 2.78. The largest absolute Gasteiger partial charge is 0.478 e. The molecule has 1 aliphatic rings. The first-order valence-corrected chi connectivity index (χ1v) is 6.18. The molecule has 2 unspecified atom stereocenters. The second-order valence-corrected chi connectivity index (χ2v) is 4.82. The molecule has 0 bridgehead atoms. The maximum absolute atomic E-state index is 10.9. The Bertz CT molecular complexity index is 431. The Morgan fingerprint density at radius 3 is 2.82 bits per heavy atom. The second kappa shape index (κ2) is 4.82. The van der Waals surface area contributed by atoms with Crippen LogP contribution in [0.2, 0.25) is 0 Å². The monoisotopic (exact) mass is 234 g/mol. The molecule has 0 saturated heterocycles. The van der Waals surface area contributed by atoms with E-state index in [-0.39, 0.29) is 5.56 Å². The second-order valence-electron chi connectivity index (χ2n) is 4.82. The number of carboxylic acid groups (broad SMARTS) is 1. The number of carbonyl (C=O) groups is 1. The molecule has 4 heteroatoms. The minimum absolute atomic E-state index is 0.207. The van der Waals surface area contributed by atoms with E-state index in [1.807, 2.05) is 0 Å². The van der Waals surface area contributed by atoms with Gasteiger partial charge in [0.05, 0.1) is 11.3 Å². The van der Waals surface area contributed by atoms with E-state index in [9.17, 15) is 4.79 Å². The van der Waals surface area contributed by atoms with Gasteiger partial charge >= 0.3 is 5.97 Å². The molecule has 0 radical (unpaired) electrons. The van der Waals surface area contributed by atoms with E-state index in [0.717, 1.165) is 24.6 Å². The molecule has 1 aromatic heterocycles. The van der Waals surface area contributed by atoms with Crippen LogP contribution in [0.3, 0.4) is 0 Å². The summed E-state index contributed by atoms with van der Waals surface area (Å²) in [6.45, 7) is 3.95. The summed E-state index contributed by atoms with van der Waals surface area (Å²) in [5.41, 5.74) is 0.779. The van der Waals surface area contributed by atoms with Crippen molar-refractivity contribution >= 4 is 5.97 Å². The lowest BCUT2D eigenvalue weighted by Crippen LogP contribution is -2.08. The normalized spacial score (nSPS) is 23.9. The summed E-state index contributed by atoms with van der Waals surface area (Å²) < 4.78 is 0. The number of hydrogen-bond donors (Lipinski definition) is 1. The molecule has 1 fully saturated rings. The van der Waals surface area contributed by atoms with Crippen LogP contribution in [0.5, 0.6) is 0 Å². The lowest BCUT2D eigenvalue weighted by atomic mass is 10.0. The van der Waals surface area contributed by atoms with Crippen LogP contribution in [-0.4, -0.2) is 21.0 Å². The third-order valence-corrected chi connectivity index (χ3v) is 3.71. The van der Waals surface area contributed by atoms with Gasteiger partial charge in [-0.1, -0.05) is 13.3 Å². The predicted molar refractivity (Wildman–Crippen MR) is 64.1 cm³/mol. The molecule has 1 aromatic rings. The highest BCUT2D eigenvalue weighted by molar-refractivity contribution is 5.88. The van der Waals surface area contributed by atoms with Crippen molar-refractivity contribution in [2.75, 3.05) is 0 Å². The smallest absolute Gasteiger partial charge is 0.339 e. The van der Waals surface area contributed by atoms with Gasteiger partial charge in [-0.3, -0.25) is 0 Å². The summed E-state index contributed by atoms with van der Waals surface area (Å²) in [6, 6.07) is 0. The van der Waals surface area contributed by atoms with Crippen LogP contribution < -0.4 is 0 Å². The average Bonchev–Trinajstić information content (AvgIpc) is 2.76. The van der Waals surface area contributed by atoms with Gasteiger partial charge in [-0.15, -0.1) is 0 Å². The van der Waals surface area contributed by atoms with E-state index >= 15 is 0 Å². The molecular weight excluding hydrogens is 216 g/mol. The zero-order chi connectivity index (χ0) is 12.4. The fourth-order valence-electron chi connectivity index (χ4n) is 2.57. The minimum Gasteiger partial charge on any atom is -0.478 e. The molecule has 1 heterocycles. The van der Waals surface area contributed by atoms with Crippen molar-refractivity contribution in [3.05, 3.63) is 23.3 Å². The summed E-state index contributed by atoms with van der Waals surface area (Å²) in [6.07, 6.45) is 6.17. The topological polar surface area (TPSA) is 63.1 Å². The SMILES string of the molecule is CCC1CCC(c2ncc(C(=O)O)c(C)n2)C1. The molecule has 0 aliphatic heterocycles. The molecule has 1 N–H and O–H groups in total. The average molecular weight is 234 g/mol. The Morgan fingerprint density at radius 1 is 1.53 bits per heavy atom. The van der Waals surface area contributed by atoms with Crippen LogP contribution in [0, 0.1) is 12.8 Å². The van der Waals surface area contributed by atoms with E-state index in [1.54, 1.807) is 6.92 Å². The summed E-state index contributed by atoms with van der Waals surface area (Å²) in [7, 11) is 0. The zero-order valence-electron chi connectivity index (χ0n) is 10.3. The number of aryl methyl sites for hydroxylation is 1. The van der Waals surface area contributed by atoms with E-state index in [0.29, 0.717) is 11.6 Å². The molecule has 1 saturated carbocycles. The van der Waals surface area contributed by atoms with Gasteiger partial charge in [0.15, 0.2) is 0 Å². The van der Waals surface area contributed by atoms with Crippen molar-refractivity contribution in [1.29, 1.82) is 0 Å². The highest BCUT2D eigenvalue weighted by Gasteiger charge is 2.27. The first kappa shape index (κ1) is 12.0. The Balaban J connectivity index is 2.18. The first-order chi connectivity index (χ1) is 8.11.